The van der Waals surface area contributed by atoms with E-state index in [1.165, 1.54) is 5.56 Å². The van der Waals surface area contributed by atoms with Crippen LogP contribution in [-0.4, -0.2) is 21.9 Å². The summed E-state index contributed by atoms with van der Waals surface area (Å²) in [6, 6.07) is 7.99. The van der Waals surface area contributed by atoms with Gasteiger partial charge in [0, 0.05) is 13.6 Å². The second kappa shape index (κ2) is 5.45. The molecule has 1 heterocycles. The van der Waals surface area contributed by atoms with Gasteiger partial charge in [0.25, 0.3) is 0 Å². The van der Waals surface area contributed by atoms with E-state index in [1.54, 1.807) is 18.1 Å². The minimum absolute atomic E-state index is 0.665. The van der Waals surface area contributed by atoms with Gasteiger partial charge in [0.2, 0.25) is 0 Å². The summed E-state index contributed by atoms with van der Waals surface area (Å²) in [5, 5.41) is 7.48. The Hall–Kier alpha value is -1.88. The molecule has 17 heavy (non-hydrogen) atoms. The maximum absolute atomic E-state index is 5.17. The zero-order valence-electron chi connectivity index (χ0n) is 10.1. The van der Waals surface area contributed by atoms with Crippen molar-refractivity contribution in [2.24, 2.45) is 7.05 Å². The van der Waals surface area contributed by atoms with Gasteiger partial charge in [0.15, 0.2) is 5.82 Å². The minimum Gasteiger partial charge on any atom is -0.497 e. The van der Waals surface area contributed by atoms with Gasteiger partial charge >= 0.3 is 0 Å². The quantitative estimate of drug-likeness (QED) is 0.839. The van der Waals surface area contributed by atoms with E-state index in [2.05, 4.69) is 21.5 Å². The van der Waals surface area contributed by atoms with Gasteiger partial charge < -0.3 is 10.1 Å². The van der Waals surface area contributed by atoms with Crippen LogP contribution in [0.3, 0.4) is 0 Å². The van der Waals surface area contributed by atoms with Crippen LogP contribution in [0.1, 0.15) is 11.4 Å². The molecule has 0 saturated heterocycles. The maximum Gasteiger partial charge on any atom is 0.164 e. The molecule has 0 radical (unpaired) electrons. The predicted molar refractivity (Wildman–Crippen MR) is 64.5 cm³/mol. The third-order valence-corrected chi connectivity index (χ3v) is 2.39. The lowest BCUT2D eigenvalue weighted by molar-refractivity contribution is 0.414. The first kappa shape index (κ1) is 11.6. The zero-order valence-corrected chi connectivity index (χ0v) is 10.1. The minimum atomic E-state index is 0.665. The van der Waals surface area contributed by atoms with Crippen molar-refractivity contribution in [3.63, 3.8) is 0 Å². The fraction of sp³-hybridized carbons (Fsp3) is 0.333. The Morgan fingerprint density at radius 2 is 2.24 bits per heavy atom. The van der Waals surface area contributed by atoms with E-state index in [1.807, 2.05) is 25.2 Å². The van der Waals surface area contributed by atoms with Crippen LogP contribution < -0.4 is 10.1 Å². The predicted octanol–water partition coefficient (Wildman–Crippen LogP) is 1.11. The highest BCUT2D eigenvalue weighted by atomic mass is 16.5. The Kier molecular flexibility index (Phi) is 3.72. The number of methoxy groups -OCH3 is 1. The van der Waals surface area contributed by atoms with Crippen molar-refractivity contribution in [1.82, 2.24) is 20.1 Å². The SMILES string of the molecule is COc1cccc(CNCc2ncn(C)n2)c1. The van der Waals surface area contributed by atoms with Gasteiger partial charge in [-0.2, -0.15) is 5.10 Å². The largest absolute Gasteiger partial charge is 0.497 e. The molecule has 1 aromatic heterocycles. The fourth-order valence-electron chi connectivity index (χ4n) is 1.57. The van der Waals surface area contributed by atoms with E-state index in [0.29, 0.717) is 6.54 Å². The molecule has 0 bridgehead atoms. The summed E-state index contributed by atoms with van der Waals surface area (Å²) in [5.41, 5.74) is 1.18. The molecular formula is C12H16N4O. The third kappa shape index (κ3) is 3.29. The molecule has 5 heteroatoms. The molecule has 1 N–H and O–H groups in total. The number of hydrogen-bond acceptors (Lipinski definition) is 4. The maximum atomic E-state index is 5.17. The Morgan fingerprint density at radius 1 is 1.35 bits per heavy atom. The lowest BCUT2D eigenvalue weighted by atomic mass is 10.2. The lowest BCUT2D eigenvalue weighted by Crippen LogP contribution is -2.14. The topological polar surface area (TPSA) is 52.0 Å². The molecule has 0 aliphatic heterocycles. The molecule has 2 aromatic rings. The number of aromatic nitrogens is 3. The number of aryl methyl sites for hydroxylation is 1. The van der Waals surface area contributed by atoms with Crippen molar-refractivity contribution in [3.05, 3.63) is 42.0 Å². The van der Waals surface area contributed by atoms with Crippen molar-refractivity contribution >= 4 is 0 Å². The smallest absolute Gasteiger partial charge is 0.164 e. The van der Waals surface area contributed by atoms with E-state index in [0.717, 1.165) is 18.1 Å². The molecule has 0 spiro atoms. The summed E-state index contributed by atoms with van der Waals surface area (Å²) in [4.78, 5) is 4.15. The average molecular weight is 232 g/mol. The van der Waals surface area contributed by atoms with Gasteiger partial charge in [-0.3, -0.25) is 4.68 Å². The first-order valence-corrected chi connectivity index (χ1v) is 5.46. The molecule has 0 aliphatic rings. The first-order chi connectivity index (χ1) is 8.28. The molecule has 5 nitrogen and oxygen atoms in total. The summed E-state index contributed by atoms with van der Waals surface area (Å²) in [6.07, 6.45) is 1.70. The van der Waals surface area contributed by atoms with E-state index < -0.39 is 0 Å². The number of nitrogens with zero attached hydrogens (tertiary/aromatic N) is 3. The van der Waals surface area contributed by atoms with Gasteiger partial charge in [-0.15, -0.1) is 0 Å². The van der Waals surface area contributed by atoms with Gasteiger partial charge in [-0.1, -0.05) is 12.1 Å². The second-order valence-corrected chi connectivity index (χ2v) is 3.79. The van der Waals surface area contributed by atoms with Crippen LogP contribution in [0.2, 0.25) is 0 Å². The molecule has 1 aromatic carbocycles. The van der Waals surface area contributed by atoms with Crippen molar-refractivity contribution in [3.8, 4) is 5.75 Å². The molecule has 0 atom stereocenters. The summed E-state index contributed by atoms with van der Waals surface area (Å²) >= 11 is 0. The van der Waals surface area contributed by atoms with Crippen LogP contribution in [0.25, 0.3) is 0 Å². The molecule has 0 aliphatic carbocycles. The monoisotopic (exact) mass is 232 g/mol. The third-order valence-electron chi connectivity index (χ3n) is 2.39. The van der Waals surface area contributed by atoms with Crippen LogP contribution in [0.4, 0.5) is 0 Å². The van der Waals surface area contributed by atoms with Crippen LogP contribution in [0, 0.1) is 0 Å². The molecule has 0 unspecified atom stereocenters. The van der Waals surface area contributed by atoms with E-state index in [-0.39, 0.29) is 0 Å². The highest BCUT2D eigenvalue weighted by Gasteiger charge is 1.99. The van der Waals surface area contributed by atoms with Crippen LogP contribution >= 0.6 is 0 Å². The highest BCUT2D eigenvalue weighted by Crippen LogP contribution is 2.12. The zero-order chi connectivity index (χ0) is 12.1. The van der Waals surface area contributed by atoms with Crippen molar-refractivity contribution < 1.29 is 4.74 Å². The molecular weight excluding hydrogens is 216 g/mol. The Morgan fingerprint density at radius 3 is 2.94 bits per heavy atom. The van der Waals surface area contributed by atoms with E-state index in [4.69, 9.17) is 4.74 Å². The number of ether oxygens (including phenoxy) is 1. The standard InChI is InChI=1S/C12H16N4O/c1-16-9-14-12(15-16)8-13-7-10-4-3-5-11(6-10)17-2/h3-6,9,13H,7-8H2,1-2H3. The number of benzene rings is 1. The van der Waals surface area contributed by atoms with Crippen LogP contribution in [-0.2, 0) is 20.1 Å². The second-order valence-electron chi connectivity index (χ2n) is 3.79. The van der Waals surface area contributed by atoms with Crippen LogP contribution in [0.5, 0.6) is 5.75 Å². The number of hydrogen-bond donors (Lipinski definition) is 1. The number of rotatable bonds is 5. The lowest BCUT2D eigenvalue weighted by Gasteiger charge is -2.05. The normalized spacial score (nSPS) is 10.5. The summed E-state index contributed by atoms with van der Waals surface area (Å²) < 4.78 is 6.86. The summed E-state index contributed by atoms with van der Waals surface area (Å²) in [5.74, 6) is 1.68. The van der Waals surface area contributed by atoms with Gasteiger partial charge in [-0.05, 0) is 17.7 Å². The van der Waals surface area contributed by atoms with Gasteiger partial charge in [-0.25, -0.2) is 4.98 Å². The van der Waals surface area contributed by atoms with Crippen molar-refractivity contribution in [2.45, 2.75) is 13.1 Å². The number of nitrogens with one attached hydrogen (secondary N) is 1. The molecule has 0 fully saturated rings. The van der Waals surface area contributed by atoms with E-state index in [9.17, 15) is 0 Å². The average Bonchev–Trinajstić information content (AvgIpc) is 2.75. The first-order valence-electron chi connectivity index (χ1n) is 5.46. The Labute approximate surface area is 100 Å². The molecule has 0 saturated carbocycles. The molecule has 0 amide bonds. The van der Waals surface area contributed by atoms with Crippen LogP contribution in [0.15, 0.2) is 30.6 Å². The van der Waals surface area contributed by atoms with Crippen molar-refractivity contribution in [1.29, 1.82) is 0 Å². The van der Waals surface area contributed by atoms with Gasteiger partial charge in [0.1, 0.15) is 12.1 Å². The van der Waals surface area contributed by atoms with Crippen molar-refractivity contribution in [2.75, 3.05) is 7.11 Å². The molecule has 90 valence electrons. The molecule has 2 rings (SSSR count). The fourth-order valence-corrected chi connectivity index (χ4v) is 1.57. The highest BCUT2D eigenvalue weighted by molar-refractivity contribution is 5.28. The summed E-state index contributed by atoms with van der Waals surface area (Å²) in [7, 11) is 3.53. The Bertz CT molecular complexity index is 481. The summed E-state index contributed by atoms with van der Waals surface area (Å²) in [6.45, 7) is 1.44. The van der Waals surface area contributed by atoms with E-state index >= 15 is 0 Å². The van der Waals surface area contributed by atoms with Gasteiger partial charge in [0.05, 0.1) is 13.7 Å². The Balaban J connectivity index is 1.85.